The normalized spacial score (nSPS) is 18.0. The number of ether oxygens (including phenoxy) is 1. The molecule has 15 heteroatoms. The fourth-order valence-electron chi connectivity index (χ4n) is 6.80. The van der Waals surface area contributed by atoms with E-state index in [0.29, 0.717) is 30.2 Å². The Balaban J connectivity index is 0.948. The Morgan fingerprint density at radius 2 is 1.79 bits per heavy atom. The molecule has 1 fully saturated rings. The first-order chi connectivity index (χ1) is 25.0. The predicted octanol–water partition coefficient (Wildman–Crippen LogP) is 4.96. The van der Waals surface area contributed by atoms with Crippen molar-refractivity contribution in [2.75, 3.05) is 13.2 Å². The van der Waals surface area contributed by atoms with Crippen molar-refractivity contribution in [3.63, 3.8) is 0 Å². The van der Waals surface area contributed by atoms with Crippen LogP contribution in [0, 0.1) is 20.8 Å². The van der Waals surface area contributed by atoms with Crippen LogP contribution in [-0.4, -0.2) is 74.1 Å². The van der Waals surface area contributed by atoms with E-state index in [4.69, 9.17) is 21.3 Å². The Hall–Kier alpha value is -5.21. The van der Waals surface area contributed by atoms with Gasteiger partial charge in [-0.15, -0.1) is 21.5 Å². The summed E-state index contributed by atoms with van der Waals surface area (Å²) in [4.78, 5) is 70.9. The number of aliphatic imine (C=N–C) groups is 1. The lowest BCUT2D eigenvalue weighted by Crippen LogP contribution is -2.54. The van der Waals surface area contributed by atoms with Crippen molar-refractivity contribution < 1.29 is 28.7 Å². The number of aryl methyl sites for hydroxylation is 2. The van der Waals surface area contributed by atoms with Crippen molar-refractivity contribution in [3.05, 3.63) is 91.8 Å². The van der Waals surface area contributed by atoms with Crippen molar-refractivity contribution in [2.24, 2.45) is 4.99 Å². The van der Waals surface area contributed by atoms with Gasteiger partial charge in [-0.25, -0.2) is 0 Å². The summed E-state index contributed by atoms with van der Waals surface area (Å²) in [6.07, 6.45) is 2.28. The summed E-state index contributed by atoms with van der Waals surface area (Å²) in [5.41, 5.74) is 4.10. The zero-order valence-corrected chi connectivity index (χ0v) is 30.4. The molecular weight excluding hydrogens is 706 g/mol. The molecule has 3 aliphatic rings. The van der Waals surface area contributed by atoms with Crippen LogP contribution in [0.2, 0.25) is 5.02 Å². The molecule has 2 N–H and O–H groups in total. The largest absolute Gasteiger partial charge is 0.493 e. The van der Waals surface area contributed by atoms with Gasteiger partial charge in [-0.1, -0.05) is 29.8 Å². The lowest BCUT2D eigenvalue weighted by molar-refractivity contribution is -0.136. The van der Waals surface area contributed by atoms with E-state index < -0.39 is 35.7 Å². The topological polar surface area (TPSA) is 165 Å². The molecule has 0 radical (unpaired) electrons. The fraction of sp³-hybridized carbons (Fsp3) is 0.351. The second-order valence-corrected chi connectivity index (χ2v) is 14.6. The molecule has 13 nitrogen and oxygen atoms in total. The summed E-state index contributed by atoms with van der Waals surface area (Å²) >= 11 is 7.87. The number of benzene rings is 2. The van der Waals surface area contributed by atoms with Crippen LogP contribution in [0.4, 0.5) is 0 Å². The van der Waals surface area contributed by atoms with Crippen molar-refractivity contribution in [1.29, 1.82) is 0 Å². The zero-order valence-electron chi connectivity index (χ0n) is 28.8. The Bertz CT molecular complexity index is 2160. The van der Waals surface area contributed by atoms with Crippen LogP contribution in [0.15, 0.2) is 47.5 Å². The number of fused-ring (bicyclic) bond motifs is 4. The van der Waals surface area contributed by atoms with Crippen LogP contribution in [0.1, 0.15) is 98.5 Å². The molecule has 0 saturated carbocycles. The second-order valence-electron chi connectivity index (χ2n) is 13.0. The average molecular weight is 742 g/mol. The molecule has 0 spiro atoms. The highest BCUT2D eigenvalue weighted by Crippen LogP contribution is 2.40. The summed E-state index contributed by atoms with van der Waals surface area (Å²) < 4.78 is 7.95. The molecule has 2 aromatic heterocycles. The number of nitrogens with zero attached hydrogens (tertiary/aromatic N) is 5. The maximum Gasteiger partial charge on any atom is 0.266 e. The summed E-state index contributed by atoms with van der Waals surface area (Å²) in [7, 11) is 0. The van der Waals surface area contributed by atoms with Gasteiger partial charge in [0.1, 0.15) is 28.7 Å². The number of amides is 5. The van der Waals surface area contributed by atoms with Crippen molar-refractivity contribution in [2.45, 2.75) is 71.4 Å². The Kier molecular flexibility index (Phi) is 9.77. The van der Waals surface area contributed by atoms with E-state index in [0.717, 1.165) is 44.5 Å². The highest BCUT2D eigenvalue weighted by Gasteiger charge is 2.46. The molecule has 0 aliphatic carbocycles. The van der Waals surface area contributed by atoms with E-state index in [9.17, 15) is 24.0 Å². The van der Waals surface area contributed by atoms with Gasteiger partial charge in [-0.3, -0.25) is 43.7 Å². The molecule has 0 bridgehead atoms. The van der Waals surface area contributed by atoms with Gasteiger partial charge in [0, 0.05) is 34.0 Å². The number of carbonyl (C=O) groups is 5. The highest BCUT2D eigenvalue weighted by molar-refractivity contribution is 7.15. The quantitative estimate of drug-likeness (QED) is 0.161. The van der Waals surface area contributed by atoms with Crippen LogP contribution in [0.3, 0.4) is 0 Å². The number of carbonyl (C=O) groups excluding carboxylic acids is 5. The monoisotopic (exact) mass is 741 g/mol. The molecule has 1 unspecified atom stereocenters. The number of thiophene rings is 1. The van der Waals surface area contributed by atoms with Crippen LogP contribution >= 0.6 is 22.9 Å². The Labute approximate surface area is 308 Å². The Morgan fingerprint density at radius 3 is 2.56 bits per heavy atom. The van der Waals surface area contributed by atoms with Gasteiger partial charge >= 0.3 is 0 Å². The van der Waals surface area contributed by atoms with E-state index in [2.05, 4.69) is 34.7 Å². The third kappa shape index (κ3) is 6.52. The minimum absolute atomic E-state index is 0.0472. The first-order valence-corrected chi connectivity index (χ1v) is 18.3. The van der Waals surface area contributed by atoms with E-state index in [-0.39, 0.29) is 48.7 Å². The summed E-state index contributed by atoms with van der Waals surface area (Å²) in [5, 5.41) is 15.7. The fourth-order valence-corrected chi connectivity index (χ4v) is 8.14. The molecule has 5 amide bonds. The van der Waals surface area contributed by atoms with E-state index in [1.165, 1.54) is 10.9 Å². The molecule has 5 heterocycles. The van der Waals surface area contributed by atoms with Gasteiger partial charge < -0.3 is 10.1 Å². The summed E-state index contributed by atoms with van der Waals surface area (Å²) in [6.45, 7) is 6.80. The molecule has 4 aromatic rings. The molecule has 2 atom stereocenters. The van der Waals surface area contributed by atoms with Crippen LogP contribution in [-0.2, 0) is 14.4 Å². The molecular formula is C37H36ClN7O6S. The number of unbranched alkanes of at least 4 members (excludes halogenated alkanes) is 2. The molecule has 7 rings (SSSR count). The number of aromatic nitrogens is 3. The highest BCUT2D eigenvalue weighted by atomic mass is 35.5. The van der Waals surface area contributed by atoms with E-state index in [1.54, 1.807) is 23.5 Å². The minimum atomic E-state index is -1.04. The first kappa shape index (κ1) is 35.2. The standard InChI is InChI=1S/C37H36ClN7O6S/c1-19-20(2)52-37-30(19)32(22-10-12-23(38)13-11-22)40-25(33-43-42-21(3)44(33)37)18-29(47)39-16-5-4-6-17-51-27-9-7-8-24-31(27)36(50)45(35(24)49)26-14-15-28(46)41-34(26)48/h7-13,25-26H,4-6,14-18H2,1-3H3,(H,39,47)(H,41,46,48)/t25-,26?/m0/s1. The van der Waals surface area contributed by atoms with Crippen molar-refractivity contribution in [3.8, 4) is 10.8 Å². The lowest BCUT2D eigenvalue weighted by atomic mass is 9.99. The maximum atomic E-state index is 13.3. The van der Waals surface area contributed by atoms with Crippen LogP contribution < -0.4 is 15.4 Å². The zero-order chi connectivity index (χ0) is 36.7. The van der Waals surface area contributed by atoms with Crippen molar-refractivity contribution >= 4 is 58.2 Å². The number of halogens is 1. The number of piperidine rings is 1. The van der Waals surface area contributed by atoms with Gasteiger partial charge in [-0.2, -0.15) is 0 Å². The summed E-state index contributed by atoms with van der Waals surface area (Å²) in [5.74, 6) is -0.834. The molecule has 3 aliphatic heterocycles. The third-order valence-electron chi connectivity index (χ3n) is 9.57. The SMILES string of the molecule is Cc1sc2c(c1C)C(c1ccc(Cl)cc1)=N[C@@H](CC(=O)NCCCCCOc1cccc3c1C(=O)N(C1CCC(=O)NC1=O)C3=O)c1nnc(C)n1-2. The van der Waals surface area contributed by atoms with Gasteiger partial charge in [-0.05, 0) is 76.3 Å². The van der Waals surface area contributed by atoms with Crippen molar-refractivity contribution in [1.82, 2.24) is 30.3 Å². The van der Waals surface area contributed by atoms with Crippen LogP contribution in [0.25, 0.3) is 5.00 Å². The van der Waals surface area contributed by atoms with Gasteiger partial charge in [0.25, 0.3) is 11.8 Å². The number of imide groups is 2. The number of hydrogen-bond acceptors (Lipinski definition) is 10. The smallest absolute Gasteiger partial charge is 0.266 e. The molecule has 52 heavy (non-hydrogen) atoms. The number of hydrogen-bond donors (Lipinski definition) is 2. The van der Waals surface area contributed by atoms with Gasteiger partial charge in [0.15, 0.2) is 5.82 Å². The Morgan fingerprint density at radius 1 is 1.00 bits per heavy atom. The van der Waals surface area contributed by atoms with Crippen LogP contribution in [0.5, 0.6) is 5.75 Å². The minimum Gasteiger partial charge on any atom is -0.493 e. The lowest BCUT2D eigenvalue weighted by Gasteiger charge is -2.27. The molecule has 2 aromatic carbocycles. The first-order valence-electron chi connectivity index (χ1n) is 17.1. The number of rotatable bonds is 11. The average Bonchev–Trinajstić information content (AvgIpc) is 3.69. The van der Waals surface area contributed by atoms with Gasteiger partial charge in [0.05, 0.1) is 29.9 Å². The maximum absolute atomic E-state index is 13.3. The molecule has 268 valence electrons. The third-order valence-corrected chi connectivity index (χ3v) is 11.0. The predicted molar refractivity (Wildman–Crippen MR) is 193 cm³/mol. The molecule has 1 saturated heterocycles. The summed E-state index contributed by atoms with van der Waals surface area (Å²) in [6, 6.07) is 10.7. The second kappa shape index (κ2) is 14.4. The van der Waals surface area contributed by atoms with E-state index >= 15 is 0 Å². The van der Waals surface area contributed by atoms with Gasteiger partial charge in [0.2, 0.25) is 17.7 Å². The number of nitrogens with one attached hydrogen (secondary N) is 2. The van der Waals surface area contributed by atoms with E-state index in [1.807, 2.05) is 35.8 Å².